The molecule has 2 heterocycles. The Balaban J connectivity index is 2.28. The van der Waals surface area contributed by atoms with Gasteiger partial charge < -0.3 is 5.73 Å². The summed E-state index contributed by atoms with van der Waals surface area (Å²) < 4.78 is 0. The molecule has 70 valence electrons. The van der Waals surface area contributed by atoms with E-state index in [-0.39, 0.29) is 0 Å². The van der Waals surface area contributed by atoms with Crippen molar-refractivity contribution in [2.75, 3.05) is 0 Å². The van der Waals surface area contributed by atoms with E-state index >= 15 is 0 Å². The molecule has 0 saturated carbocycles. The average Bonchev–Trinajstić information content (AvgIpc) is 2.72. The van der Waals surface area contributed by atoms with Crippen molar-refractivity contribution in [1.82, 2.24) is 9.97 Å². The fourth-order valence-corrected chi connectivity index (χ4v) is 1.71. The Kier molecular flexibility index (Phi) is 2.55. The molecular weight excluding hydrogens is 194 g/mol. The fourth-order valence-electron chi connectivity index (χ4n) is 1.06. The molecule has 0 bridgehead atoms. The maximum Gasteiger partial charge on any atom is 0.0833 e. The van der Waals surface area contributed by atoms with Crippen LogP contribution in [0.3, 0.4) is 0 Å². The molecule has 3 nitrogen and oxygen atoms in total. The number of hydrogen-bond acceptors (Lipinski definition) is 4. The largest absolute Gasteiger partial charge is 0.398 e. The number of nitrogens with zero attached hydrogens (tertiary/aromatic N) is 2. The summed E-state index contributed by atoms with van der Waals surface area (Å²) in [5.74, 6) is 0. The molecule has 0 aliphatic rings. The van der Waals surface area contributed by atoms with Crippen molar-refractivity contribution >= 4 is 23.1 Å². The van der Waals surface area contributed by atoms with Crippen LogP contribution in [0.5, 0.6) is 0 Å². The minimum atomic E-state index is 0.723. The summed E-state index contributed by atoms with van der Waals surface area (Å²) in [5, 5.41) is 1.99. The summed E-state index contributed by atoms with van der Waals surface area (Å²) in [4.78, 5) is 9.13. The second-order valence-electron chi connectivity index (χ2n) is 2.71. The second kappa shape index (κ2) is 4.02. The van der Waals surface area contributed by atoms with Crippen LogP contribution in [-0.4, -0.2) is 9.97 Å². The maximum atomic E-state index is 5.88. The van der Waals surface area contributed by atoms with E-state index in [1.165, 1.54) is 0 Å². The van der Waals surface area contributed by atoms with E-state index in [0.717, 1.165) is 16.3 Å². The smallest absolute Gasteiger partial charge is 0.0833 e. The molecule has 4 heteroatoms. The van der Waals surface area contributed by atoms with Gasteiger partial charge in [0.25, 0.3) is 0 Å². The molecule has 2 rings (SSSR count). The minimum Gasteiger partial charge on any atom is -0.398 e. The molecule has 0 saturated heterocycles. The molecule has 2 N–H and O–H groups in total. The predicted octanol–water partition coefficient (Wildman–Crippen LogP) is 1.99. The number of rotatable bonds is 2. The third-order valence-electron chi connectivity index (χ3n) is 1.69. The van der Waals surface area contributed by atoms with Crippen LogP contribution in [-0.2, 0) is 0 Å². The third kappa shape index (κ3) is 1.97. The summed E-state index contributed by atoms with van der Waals surface area (Å²) in [7, 11) is 0. The van der Waals surface area contributed by atoms with Crippen LogP contribution < -0.4 is 5.73 Å². The van der Waals surface area contributed by atoms with E-state index in [1.807, 2.05) is 23.6 Å². The molecule has 0 fully saturated rings. The van der Waals surface area contributed by atoms with E-state index in [1.54, 1.807) is 29.9 Å². The van der Waals surface area contributed by atoms with Gasteiger partial charge in [0.2, 0.25) is 0 Å². The van der Waals surface area contributed by atoms with Crippen LogP contribution in [0.1, 0.15) is 10.6 Å². The van der Waals surface area contributed by atoms with Gasteiger partial charge in [0.05, 0.1) is 22.5 Å². The Morgan fingerprint density at radius 3 is 3.00 bits per heavy atom. The van der Waals surface area contributed by atoms with Crippen molar-refractivity contribution in [3.63, 3.8) is 0 Å². The monoisotopic (exact) mass is 203 g/mol. The Morgan fingerprint density at radius 1 is 1.43 bits per heavy atom. The summed E-state index contributed by atoms with van der Waals surface area (Å²) in [6, 6.07) is 3.95. The molecular formula is C10H9N3S. The number of aromatic nitrogens is 2. The lowest BCUT2D eigenvalue weighted by atomic mass is 10.3. The number of nitrogens with two attached hydrogens (primary N) is 1. The zero-order valence-corrected chi connectivity index (χ0v) is 8.24. The first-order valence-electron chi connectivity index (χ1n) is 4.13. The lowest BCUT2D eigenvalue weighted by Crippen LogP contribution is -1.93. The van der Waals surface area contributed by atoms with Crippen LogP contribution >= 0.6 is 11.3 Å². The van der Waals surface area contributed by atoms with Crippen molar-refractivity contribution < 1.29 is 0 Å². The summed E-state index contributed by atoms with van der Waals surface area (Å²) >= 11 is 1.61. The summed E-state index contributed by atoms with van der Waals surface area (Å²) in [5.41, 5.74) is 7.37. The van der Waals surface area contributed by atoms with Gasteiger partial charge in [-0.25, -0.2) is 0 Å². The Labute approximate surface area is 85.9 Å². The van der Waals surface area contributed by atoms with E-state index in [4.69, 9.17) is 5.73 Å². The van der Waals surface area contributed by atoms with Gasteiger partial charge in [-0.1, -0.05) is 6.07 Å². The third-order valence-corrected chi connectivity index (χ3v) is 2.61. The molecule has 0 radical (unpaired) electrons. The average molecular weight is 203 g/mol. The van der Waals surface area contributed by atoms with Crippen LogP contribution in [0.4, 0.5) is 0 Å². The van der Waals surface area contributed by atoms with Crippen molar-refractivity contribution in [3.8, 4) is 0 Å². The Hall–Kier alpha value is -1.68. The quantitative estimate of drug-likeness (QED) is 0.812. The van der Waals surface area contributed by atoms with Crippen molar-refractivity contribution in [2.45, 2.75) is 0 Å². The summed E-state index contributed by atoms with van der Waals surface area (Å²) in [6.07, 6.45) is 6.78. The van der Waals surface area contributed by atoms with E-state index in [2.05, 4.69) is 9.97 Å². The highest BCUT2D eigenvalue weighted by atomic mass is 32.1. The molecule has 0 spiro atoms. The minimum absolute atomic E-state index is 0.723. The van der Waals surface area contributed by atoms with Crippen LogP contribution in [0.15, 0.2) is 36.1 Å². The standard InChI is InChI=1S/C10H9N3S/c11-9(10-2-1-5-14-10)6-8-7-12-3-4-13-8/h1-7H,11H2/b9-6-. The number of hydrogen-bond donors (Lipinski definition) is 1. The first-order valence-corrected chi connectivity index (χ1v) is 5.01. The molecule has 2 aromatic heterocycles. The lowest BCUT2D eigenvalue weighted by Gasteiger charge is -1.96. The van der Waals surface area contributed by atoms with E-state index in [0.29, 0.717) is 0 Å². The predicted molar refractivity (Wildman–Crippen MR) is 58.4 cm³/mol. The fraction of sp³-hybridized carbons (Fsp3) is 0. The van der Waals surface area contributed by atoms with Crippen LogP contribution in [0, 0.1) is 0 Å². The maximum absolute atomic E-state index is 5.88. The lowest BCUT2D eigenvalue weighted by molar-refractivity contribution is 1.18. The van der Waals surface area contributed by atoms with Gasteiger partial charge in [-0.15, -0.1) is 11.3 Å². The summed E-state index contributed by atoms with van der Waals surface area (Å²) in [6.45, 7) is 0. The molecule has 0 amide bonds. The molecule has 0 aliphatic carbocycles. The van der Waals surface area contributed by atoms with E-state index in [9.17, 15) is 0 Å². The second-order valence-corrected chi connectivity index (χ2v) is 3.65. The Bertz CT molecular complexity index is 420. The molecule has 14 heavy (non-hydrogen) atoms. The zero-order valence-electron chi connectivity index (χ0n) is 7.42. The van der Waals surface area contributed by atoms with Gasteiger partial charge in [0, 0.05) is 12.4 Å². The SMILES string of the molecule is N/C(=C\c1cnccn1)c1cccs1. The van der Waals surface area contributed by atoms with Gasteiger partial charge in [-0.05, 0) is 17.5 Å². The van der Waals surface area contributed by atoms with Gasteiger partial charge in [-0.3, -0.25) is 9.97 Å². The van der Waals surface area contributed by atoms with Crippen molar-refractivity contribution in [3.05, 3.63) is 46.7 Å². The highest BCUT2D eigenvalue weighted by molar-refractivity contribution is 7.11. The molecule has 0 unspecified atom stereocenters. The molecule has 0 aromatic carbocycles. The number of thiophene rings is 1. The van der Waals surface area contributed by atoms with Crippen LogP contribution in [0.25, 0.3) is 11.8 Å². The first-order chi connectivity index (χ1) is 6.86. The zero-order chi connectivity index (χ0) is 9.80. The van der Waals surface area contributed by atoms with Gasteiger partial charge >= 0.3 is 0 Å². The molecule has 2 aromatic rings. The molecule has 0 atom stereocenters. The highest BCUT2D eigenvalue weighted by Gasteiger charge is 1.97. The molecule has 0 aliphatic heterocycles. The van der Waals surface area contributed by atoms with Crippen LogP contribution in [0.2, 0.25) is 0 Å². The van der Waals surface area contributed by atoms with Crippen molar-refractivity contribution in [1.29, 1.82) is 0 Å². The first kappa shape index (κ1) is 8.90. The van der Waals surface area contributed by atoms with Gasteiger partial charge in [-0.2, -0.15) is 0 Å². The van der Waals surface area contributed by atoms with Crippen molar-refractivity contribution in [2.24, 2.45) is 5.73 Å². The topological polar surface area (TPSA) is 51.8 Å². The van der Waals surface area contributed by atoms with E-state index < -0.39 is 0 Å². The van der Waals surface area contributed by atoms with Gasteiger partial charge in [0.1, 0.15) is 0 Å². The van der Waals surface area contributed by atoms with Gasteiger partial charge in [0.15, 0.2) is 0 Å². The highest BCUT2D eigenvalue weighted by Crippen LogP contribution is 2.17. The normalized spacial score (nSPS) is 11.6. The Morgan fingerprint density at radius 2 is 2.36 bits per heavy atom.